The third-order valence-corrected chi connectivity index (χ3v) is 7.28. The van der Waals surface area contributed by atoms with Gasteiger partial charge in [0.15, 0.2) is 5.03 Å². The molecule has 3 heterocycles. The summed E-state index contributed by atoms with van der Waals surface area (Å²) in [5.41, 5.74) is 5.65. The minimum Gasteiger partial charge on any atom is -0.493 e. The minimum absolute atomic E-state index is 0. The van der Waals surface area contributed by atoms with Gasteiger partial charge in [0.1, 0.15) is 17.4 Å². The maximum Gasteiger partial charge on any atom is 0.281 e. The maximum atomic E-state index is 14.6. The Morgan fingerprint density at radius 3 is 2.48 bits per heavy atom. The van der Waals surface area contributed by atoms with Crippen LogP contribution >= 0.6 is 0 Å². The number of nitrogens with two attached hydrogens (primary N) is 1. The van der Waals surface area contributed by atoms with E-state index >= 15 is 0 Å². The van der Waals surface area contributed by atoms with Crippen LogP contribution in [-0.2, 0) is 14.8 Å². The molecule has 0 fully saturated rings. The number of carbonyl (C=O) groups excluding carboxylic acids is 1. The quantitative estimate of drug-likeness (QED) is 0.376. The smallest absolute Gasteiger partial charge is 0.281 e. The van der Waals surface area contributed by atoms with E-state index in [4.69, 9.17) is 20.2 Å². The molecule has 0 radical (unpaired) electrons. The van der Waals surface area contributed by atoms with Gasteiger partial charge in [0, 0.05) is 18.6 Å². The number of halogens is 1. The Morgan fingerprint density at radius 1 is 1.12 bits per heavy atom. The molecule has 3 N–H and O–H groups in total. The van der Waals surface area contributed by atoms with E-state index in [1.54, 1.807) is 6.07 Å². The summed E-state index contributed by atoms with van der Waals surface area (Å²) < 4.78 is 54.4. The highest BCUT2D eigenvalue weighted by Crippen LogP contribution is 2.43. The van der Waals surface area contributed by atoms with Crippen molar-refractivity contribution >= 4 is 27.3 Å². The van der Waals surface area contributed by atoms with Gasteiger partial charge < -0.3 is 15.2 Å². The van der Waals surface area contributed by atoms with Gasteiger partial charge >= 0.3 is 0 Å². The largest absolute Gasteiger partial charge is 0.493 e. The number of benzene rings is 1. The van der Waals surface area contributed by atoms with Gasteiger partial charge in [-0.2, -0.15) is 8.42 Å². The molecule has 2 aromatic heterocycles. The minimum atomic E-state index is -4.34. The predicted molar refractivity (Wildman–Crippen MR) is 153 cm³/mol. The molecule has 1 aromatic carbocycles. The Hall–Kier alpha value is -3.83. The lowest BCUT2D eigenvalue weighted by atomic mass is 9.91. The molecule has 214 valence electrons. The number of nitrogens with zero attached hydrogens (tertiary/aromatic N) is 2. The third kappa shape index (κ3) is 6.48. The summed E-state index contributed by atoms with van der Waals surface area (Å²) in [7, 11) is -4.34. The van der Waals surface area contributed by atoms with Crippen LogP contribution in [0.5, 0.6) is 5.75 Å². The van der Waals surface area contributed by atoms with E-state index in [1.807, 2.05) is 47.6 Å². The van der Waals surface area contributed by atoms with Crippen molar-refractivity contribution < 1.29 is 28.5 Å². The van der Waals surface area contributed by atoms with Crippen LogP contribution in [0.1, 0.15) is 59.0 Å². The average molecular weight is 571 g/mol. The average Bonchev–Trinajstić information content (AvgIpc) is 3.08. The first kappa shape index (κ1) is 29.2. The van der Waals surface area contributed by atoms with E-state index in [0.717, 1.165) is 0 Å². The second-order valence-electron chi connectivity index (χ2n) is 11.1. The lowest BCUT2D eigenvalue weighted by Gasteiger charge is -2.27. The number of nitrogen functional groups attached to an aromatic ring is 1. The molecule has 3 aromatic rings. The Balaban J connectivity index is 0.00000462. The molecule has 0 bridgehead atoms. The number of amides is 1. The van der Waals surface area contributed by atoms with E-state index < -0.39 is 38.0 Å². The molecule has 4 rings (SSSR count). The van der Waals surface area contributed by atoms with Crippen molar-refractivity contribution in [3.8, 4) is 17.0 Å². The van der Waals surface area contributed by atoms with Gasteiger partial charge in [-0.1, -0.05) is 19.9 Å². The molecule has 40 heavy (non-hydrogen) atoms. The first-order chi connectivity index (χ1) is 18.6. The number of hydrogen-bond donors (Lipinski definition) is 2. The molecule has 11 heteroatoms. The van der Waals surface area contributed by atoms with Crippen LogP contribution in [0.3, 0.4) is 0 Å². The van der Waals surface area contributed by atoms with Crippen molar-refractivity contribution in [3.05, 3.63) is 71.7 Å². The molecule has 0 atom stereocenters. The summed E-state index contributed by atoms with van der Waals surface area (Å²) in [4.78, 5) is 22.0. The van der Waals surface area contributed by atoms with Gasteiger partial charge in [-0.15, -0.1) is 0 Å². The molecule has 0 aliphatic carbocycles. The zero-order chi connectivity index (χ0) is 29.5. The van der Waals surface area contributed by atoms with Crippen LogP contribution in [0.15, 0.2) is 59.6 Å². The van der Waals surface area contributed by atoms with Crippen LogP contribution in [0.4, 0.5) is 10.2 Å². The van der Waals surface area contributed by atoms with E-state index in [-0.39, 0.29) is 24.4 Å². The number of hydrogen-bond acceptors (Lipinski definition) is 8. The predicted octanol–water partition coefficient (Wildman–Crippen LogP) is 5.24. The maximum absolute atomic E-state index is 14.6. The number of rotatable bonds is 8. The molecule has 0 saturated heterocycles. The molecular formula is C29H35FN4O5S. The Bertz CT molecular complexity index is 1610. The Kier molecular flexibility index (Phi) is 7.75. The number of sulfonamides is 1. The van der Waals surface area contributed by atoms with Gasteiger partial charge in [0.2, 0.25) is 0 Å². The van der Waals surface area contributed by atoms with Crippen LogP contribution in [0, 0.1) is 11.7 Å². The monoisotopic (exact) mass is 570 g/mol. The summed E-state index contributed by atoms with van der Waals surface area (Å²) in [5, 5.41) is -0.398. The molecule has 1 aliphatic rings. The molecule has 0 saturated carbocycles. The topological polar surface area (TPSA) is 134 Å². The van der Waals surface area contributed by atoms with E-state index in [2.05, 4.69) is 9.71 Å². The molecule has 0 spiro atoms. The van der Waals surface area contributed by atoms with E-state index in [0.29, 0.717) is 29.2 Å². The highest BCUT2D eigenvalue weighted by Gasteiger charge is 2.41. The first-order valence-electron chi connectivity index (χ1n) is 12.7. The highest BCUT2D eigenvalue weighted by molar-refractivity contribution is 7.90. The SMILES string of the molecule is CC(C)COc1cc(F)cc(-c2ccc(C(=O)NS(=O)(=O)c3cccc(N)n3)c(C3=CC(C)(C)OC3(C)C)n2)c1.[HH]. The third-order valence-electron chi connectivity index (χ3n) is 6.05. The van der Waals surface area contributed by atoms with Crippen LogP contribution < -0.4 is 15.2 Å². The van der Waals surface area contributed by atoms with Crippen molar-refractivity contribution in [1.29, 1.82) is 0 Å². The number of ether oxygens (including phenoxy) is 2. The van der Waals surface area contributed by atoms with Crippen molar-refractivity contribution in [1.82, 2.24) is 14.7 Å². The summed E-state index contributed by atoms with van der Waals surface area (Å²) in [6.07, 6.45) is 1.84. The van der Waals surface area contributed by atoms with Gasteiger partial charge in [-0.05, 0) is 76.1 Å². The fourth-order valence-electron chi connectivity index (χ4n) is 4.49. The lowest BCUT2D eigenvalue weighted by molar-refractivity contribution is -0.0444. The van der Waals surface area contributed by atoms with Crippen LogP contribution in [-0.4, -0.2) is 42.1 Å². The van der Waals surface area contributed by atoms with Gasteiger partial charge in [-0.25, -0.2) is 19.1 Å². The second-order valence-corrected chi connectivity index (χ2v) is 12.7. The fraction of sp³-hybridized carbons (Fsp3) is 0.345. The molecular weight excluding hydrogens is 535 g/mol. The number of pyridine rings is 2. The van der Waals surface area contributed by atoms with E-state index in [9.17, 15) is 17.6 Å². The molecule has 9 nitrogen and oxygen atoms in total. The standard InChI is InChI=1S/C29H33FN4O5S.H2/c1-17(2)16-38-20-13-18(12-19(30)14-20)23-11-10-21(26(32-23)22-15-28(3,4)39-29(22,5)6)27(35)34-40(36,37)25-9-7-8-24(31)33-25;/h7-15,17H,16H2,1-6H3,(H2,31,33)(H,34,35);1H. The number of carbonyl (C=O) groups is 1. The molecule has 1 amide bonds. The van der Waals surface area contributed by atoms with E-state index in [1.165, 1.54) is 42.5 Å². The number of anilines is 1. The summed E-state index contributed by atoms with van der Waals surface area (Å²) in [6.45, 7) is 11.8. The van der Waals surface area contributed by atoms with Gasteiger partial charge in [0.05, 0.1) is 34.8 Å². The second kappa shape index (κ2) is 10.6. The lowest BCUT2D eigenvalue weighted by Crippen LogP contribution is -2.33. The van der Waals surface area contributed by atoms with Crippen molar-refractivity contribution in [2.75, 3.05) is 12.3 Å². The zero-order valence-electron chi connectivity index (χ0n) is 23.3. The zero-order valence-corrected chi connectivity index (χ0v) is 24.1. The Morgan fingerprint density at radius 2 is 1.85 bits per heavy atom. The molecule has 0 unspecified atom stereocenters. The summed E-state index contributed by atoms with van der Waals surface area (Å²) in [6, 6.07) is 11.4. The van der Waals surface area contributed by atoms with Gasteiger partial charge in [0.25, 0.3) is 15.9 Å². The molecule has 1 aliphatic heterocycles. The summed E-state index contributed by atoms with van der Waals surface area (Å²) >= 11 is 0. The van der Waals surface area contributed by atoms with Crippen molar-refractivity contribution in [2.45, 2.75) is 57.8 Å². The Labute approximate surface area is 235 Å². The van der Waals surface area contributed by atoms with Crippen LogP contribution in [0.25, 0.3) is 16.8 Å². The van der Waals surface area contributed by atoms with Crippen molar-refractivity contribution in [2.24, 2.45) is 5.92 Å². The summed E-state index contributed by atoms with van der Waals surface area (Å²) in [5.74, 6) is -0.842. The normalized spacial score (nSPS) is 16.1. The van der Waals surface area contributed by atoms with Crippen molar-refractivity contribution in [3.63, 3.8) is 0 Å². The van der Waals surface area contributed by atoms with Crippen LogP contribution in [0.2, 0.25) is 0 Å². The van der Waals surface area contributed by atoms with Gasteiger partial charge in [-0.3, -0.25) is 4.79 Å². The fourth-order valence-corrected chi connectivity index (χ4v) is 5.43. The highest BCUT2D eigenvalue weighted by atomic mass is 32.2. The number of aromatic nitrogens is 2. The number of nitrogens with one attached hydrogen (secondary N) is 1. The first-order valence-corrected chi connectivity index (χ1v) is 14.2.